The van der Waals surface area contributed by atoms with Crippen molar-refractivity contribution in [3.8, 4) is 22.3 Å². The van der Waals surface area contributed by atoms with Crippen LogP contribution in [0.5, 0.6) is 0 Å². The molecule has 0 bridgehead atoms. The van der Waals surface area contributed by atoms with E-state index in [1.165, 1.54) is 108 Å². The van der Waals surface area contributed by atoms with E-state index in [1.54, 1.807) is 0 Å². The molecule has 0 N–H and O–H groups in total. The van der Waals surface area contributed by atoms with Crippen molar-refractivity contribution in [1.82, 2.24) is 0 Å². The average molecular weight is 821 g/mol. The first-order chi connectivity index (χ1) is 31.8. The predicted octanol–water partition coefficient (Wildman–Crippen LogP) is 15.9. The third kappa shape index (κ3) is 5.58. The molecule has 1 fully saturated rings. The lowest BCUT2D eigenvalue weighted by Gasteiger charge is -2.40. The van der Waals surface area contributed by atoms with E-state index >= 15 is 0 Å². The molecule has 4 aliphatic carbocycles. The van der Waals surface area contributed by atoms with E-state index in [0.717, 1.165) is 12.8 Å². The third-order valence-corrected chi connectivity index (χ3v) is 15.2. The Morgan fingerprint density at radius 3 is 1.44 bits per heavy atom. The Morgan fingerprint density at radius 1 is 0.359 bits per heavy atom. The number of nitrogens with zero attached hydrogens (tertiary/aromatic N) is 2. The summed E-state index contributed by atoms with van der Waals surface area (Å²) < 4.78 is 0. The monoisotopic (exact) mass is 820 g/mol. The summed E-state index contributed by atoms with van der Waals surface area (Å²) in [5, 5.41) is 0. The lowest BCUT2D eigenvalue weighted by molar-refractivity contribution is 0.350. The summed E-state index contributed by atoms with van der Waals surface area (Å²) in [4.78, 5) is 5.16. The summed E-state index contributed by atoms with van der Waals surface area (Å²) in [6.07, 6.45) is 4.68. The van der Waals surface area contributed by atoms with Crippen LogP contribution in [-0.4, -0.2) is 0 Å². The van der Waals surface area contributed by atoms with Gasteiger partial charge in [-0.15, -0.1) is 0 Å². The molecule has 9 aromatic carbocycles. The Morgan fingerprint density at radius 2 is 0.828 bits per heavy atom. The van der Waals surface area contributed by atoms with Crippen LogP contribution in [0.2, 0.25) is 0 Å². The summed E-state index contributed by atoms with van der Waals surface area (Å²) in [7, 11) is 0. The Kier molecular flexibility index (Phi) is 8.62. The van der Waals surface area contributed by atoms with Crippen LogP contribution in [0, 0.1) is 11.8 Å². The fourth-order valence-corrected chi connectivity index (χ4v) is 12.8. The van der Waals surface area contributed by atoms with Crippen LogP contribution in [0.3, 0.4) is 0 Å². The molecule has 9 aromatic rings. The molecule has 0 saturated heterocycles. The molecule has 0 aliphatic heterocycles. The number of para-hydroxylation sites is 2. The van der Waals surface area contributed by atoms with Gasteiger partial charge in [-0.1, -0.05) is 164 Å². The largest absolute Gasteiger partial charge is 0.310 e. The highest BCUT2D eigenvalue weighted by Crippen LogP contribution is 2.69. The Labute approximate surface area is 376 Å². The number of fused-ring (bicyclic) bond motifs is 5. The molecule has 2 nitrogen and oxygen atoms in total. The molecule has 306 valence electrons. The zero-order valence-electron chi connectivity index (χ0n) is 35.8. The fraction of sp³-hybridized carbons (Fsp3) is 0.129. The Bertz CT molecular complexity index is 3170. The van der Waals surface area contributed by atoms with E-state index in [1.807, 2.05) is 0 Å². The lowest BCUT2D eigenvalue weighted by Crippen LogP contribution is -2.34. The minimum absolute atomic E-state index is 0.137. The van der Waals surface area contributed by atoms with Crippen LogP contribution < -0.4 is 9.80 Å². The van der Waals surface area contributed by atoms with Crippen LogP contribution in [0.4, 0.5) is 34.1 Å². The molecule has 64 heavy (non-hydrogen) atoms. The molecule has 4 aliphatic rings. The van der Waals surface area contributed by atoms with Crippen molar-refractivity contribution in [2.24, 2.45) is 11.8 Å². The van der Waals surface area contributed by atoms with Crippen LogP contribution in [0.15, 0.2) is 224 Å². The van der Waals surface area contributed by atoms with E-state index in [2.05, 4.69) is 234 Å². The first-order valence-corrected chi connectivity index (χ1v) is 23.1. The topological polar surface area (TPSA) is 6.48 Å². The highest BCUT2D eigenvalue weighted by Gasteiger charge is 2.62. The highest BCUT2D eigenvalue weighted by molar-refractivity contribution is 5.89. The summed E-state index contributed by atoms with van der Waals surface area (Å²) in [6.45, 7) is 0. The van der Waals surface area contributed by atoms with Crippen molar-refractivity contribution in [3.63, 3.8) is 0 Å². The van der Waals surface area contributed by atoms with E-state index < -0.39 is 0 Å². The molecule has 0 radical (unpaired) electrons. The SMILES string of the molecule is c1ccc(-c2ccc(N(c3ccccc3)c3cccc4c3C35c6c(cccc6N(c6ccccc6)c6ccc7c(c6)C(c6ccccc6)c6ccccc6-7)CC3CCC5C4)cc2)cc1. The standard InChI is InChI=1S/C62H48N2/c1-5-17-42(18-6-1)43-31-35-51(36-32-43)63(49-23-9-3-10-24-49)57-29-15-21-45-39-47-33-34-48-40-46-22-16-30-58(61(46)62(47,48)60(45)57)64(50-25-11-4-12-26-50)52-37-38-54-53-27-13-14-28-55(53)59(56(54)41-52)44-19-7-2-8-20-44/h1-32,35-38,41,47-48,59H,33-34,39-40H2. The van der Waals surface area contributed by atoms with Gasteiger partial charge in [0.15, 0.2) is 0 Å². The van der Waals surface area contributed by atoms with Crippen molar-refractivity contribution in [1.29, 1.82) is 0 Å². The second-order valence-corrected chi connectivity index (χ2v) is 18.3. The number of rotatable bonds is 8. The maximum Gasteiger partial charge on any atom is 0.0505 e. The van der Waals surface area contributed by atoms with E-state index in [-0.39, 0.29) is 11.3 Å². The Hall–Kier alpha value is -7.42. The predicted molar refractivity (Wildman–Crippen MR) is 265 cm³/mol. The van der Waals surface area contributed by atoms with Gasteiger partial charge in [0.1, 0.15) is 0 Å². The average Bonchev–Trinajstić information content (AvgIpc) is 4.08. The Balaban J connectivity index is 1.02. The van der Waals surface area contributed by atoms with Gasteiger partial charge in [0, 0.05) is 34.1 Å². The van der Waals surface area contributed by atoms with Crippen LogP contribution in [0.25, 0.3) is 22.3 Å². The van der Waals surface area contributed by atoms with Gasteiger partial charge in [-0.3, -0.25) is 0 Å². The van der Waals surface area contributed by atoms with Gasteiger partial charge in [0.25, 0.3) is 0 Å². The zero-order valence-corrected chi connectivity index (χ0v) is 35.8. The minimum atomic E-state index is -0.137. The molecular weight excluding hydrogens is 773 g/mol. The maximum atomic E-state index is 2.61. The molecule has 1 spiro atoms. The number of anilines is 6. The van der Waals surface area contributed by atoms with E-state index in [9.17, 15) is 0 Å². The molecule has 2 heteroatoms. The summed E-state index contributed by atoms with van der Waals surface area (Å²) in [6, 6.07) is 84.0. The number of benzene rings is 9. The molecule has 0 aromatic heterocycles. The zero-order chi connectivity index (χ0) is 42.2. The van der Waals surface area contributed by atoms with Crippen LogP contribution >= 0.6 is 0 Å². The second kappa shape index (κ2) is 14.9. The molecule has 0 heterocycles. The summed E-state index contributed by atoms with van der Waals surface area (Å²) in [5.74, 6) is 1.20. The number of hydrogen-bond acceptors (Lipinski definition) is 2. The molecule has 0 amide bonds. The van der Waals surface area contributed by atoms with E-state index in [4.69, 9.17) is 0 Å². The second-order valence-electron chi connectivity index (χ2n) is 18.3. The van der Waals surface area contributed by atoms with Gasteiger partial charge >= 0.3 is 0 Å². The summed E-state index contributed by atoms with van der Waals surface area (Å²) >= 11 is 0. The molecule has 4 atom stereocenters. The van der Waals surface area contributed by atoms with Gasteiger partial charge in [-0.2, -0.15) is 0 Å². The van der Waals surface area contributed by atoms with Crippen molar-refractivity contribution in [2.45, 2.75) is 37.0 Å². The minimum Gasteiger partial charge on any atom is -0.310 e. The van der Waals surface area contributed by atoms with E-state index in [0.29, 0.717) is 11.8 Å². The maximum absolute atomic E-state index is 2.61. The van der Waals surface area contributed by atoms with Gasteiger partial charge < -0.3 is 9.80 Å². The lowest BCUT2D eigenvalue weighted by atomic mass is 9.68. The molecule has 4 unspecified atom stereocenters. The van der Waals surface area contributed by atoms with Crippen molar-refractivity contribution < 1.29 is 0 Å². The third-order valence-electron chi connectivity index (χ3n) is 15.2. The van der Waals surface area contributed by atoms with Crippen LogP contribution in [0.1, 0.15) is 57.7 Å². The van der Waals surface area contributed by atoms with Crippen LogP contribution in [-0.2, 0) is 18.3 Å². The van der Waals surface area contributed by atoms with Crippen molar-refractivity contribution in [2.75, 3.05) is 9.80 Å². The van der Waals surface area contributed by atoms with Gasteiger partial charge in [0.05, 0.1) is 11.4 Å². The van der Waals surface area contributed by atoms with Gasteiger partial charge in [-0.25, -0.2) is 0 Å². The summed E-state index contributed by atoms with van der Waals surface area (Å²) in [5.41, 5.74) is 22.5. The fourth-order valence-electron chi connectivity index (χ4n) is 12.8. The molecule has 13 rings (SSSR count). The highest BCUT2D eigenvalue weighted by atomic mass is 15.2. The quantitative estimate of drug-likeness (QED) is 0.151. The smallest absolute Gasteiger partial charge is 0.0505 e. The number of hydrogen-bond donors (Lipinski definition) is 0. The van der Waals surface area contributed by atoms with Gasteiger partial charge in [-0.05, 0) is 159 Å². The molecule has 1 saturated carbocycles. The van der Waals surface area contributed by atoms with Gasteiger partial charge in [0.2, 0.25) is 0 Å². The van der Waals surface area contributed by atoms with Crippen molar-refractivity contribution in [3.05, 3.63) is 263 Å². The first-order valence-electron chi connectivity index (χ1n) is 23.1. The van der Waals surface area contributed by atoms with Crippen molar-refractivity contribution >= 4 is 34.1 Å². The normalized spacial score (nSPS) is 19.5. The first kappa shape index (κ1) is 37.2. The molecular formula is C62H48N2.